The van der Waals surface area contributed by atoms with E-state index in [1.54, 1.807) is 0 Å². The molecule has 0 aliphatic carbocycles. The van der Waals surface area contributed by atoms with Crippen molar-refractivity contribution in [2.45, 2.75) is 19.6 Å². The van der Waals surface area contributed by atoms with Crippen LogP contribution in [0.3, 0.4) is 0 Å². The summed E-state index contributed by atoms with van der Waals surface area (Å²) in [6, 6.07) is 0. The topological polar surface area (TPSA) is 20.2 Å². The fourth-order valence-electron chi connectivity index (χ4n) is 0.237. The van der Waals surface area contributed by atoms with Gasteiger partial charge in [0.05, 0.1) is 0 Å². The molecule has 1 N–H and O–H groups in total. The zero-order chi connectivity index (χ0) is 7.71. The third kappa shape index (κ3) is 2.64. The summed E-state index contributed by atoms with van der Waals surface area (Å²) < 4.78 is 0. The molecular formula is C3H18OSi5. The highest BCUT2D eigenvalue weighted by Crippen LogP contribution is 2.09. The minimum atomic E-state index is -0.811. The van der Waals surface area contributed by atoms with Crippen molar-refractivity contribution in [2.75, 3.05) is 0 Å². The van der Waals surface area contributed by atoms with E-state index in [1.807, 2.05) is 0 Å². The van der Waals surface area contributed by atoms with E-state index < -0.39 is 23.0 Å². The Bertz CT molecular complexity index is 94.9. The lowest BCUT2D eigenvalue weighted by Gasteiger charge is -2.32. The van der Waals surface area contributed by atoms with E-state index in [-0.39, 0.29) is 0 Å². The van der Waals surface area contributed by atoms with E-state index in [4.69, 9.17) is 0 Å². The summed E-state index contributed by atoms with van der Waals surface area (Å²) in [5, 5.41) is 0. The summed E-state index contributed by atoms with van der Waals surface area (Å²) in [5.41, 5.74) is 0. The third-order valence-corrected chi connectivity index (χ3v) is 65.5. The molecule has 0 saturated carbocycles. The first-order chi connectivity index (χ1) is 3.81. The van der Waals surface area contributed by atoms with Gasteiger partial charge in [-0.3, -0.25) is 0 Å². The van der Waals surface area contributed by atoms with Crippen LogP contribution in [-0.2, 0) is 0 Å². The Morgan fingerprint density at radius 1 is 1.22 bits per heavy atom. The van der Waals surface area contributed by atoms with E-state index in [0.29, 0.717) is 0 Å². The van der Waals surface area contributed by atoms with Crippen molar-refractivity contribution in [1.29, 1.82) is 0 Å². The van der Waals surface area contributed by atoms with Gasteiger partial charge in [0.1, 0.15) is 9.28 Å². The van der Waals surface area contributed by atoms with Crippen LogP contribution in [0.5, 0.6) is 0 Å². The van der Waals surface area contributed by atoms with Crippen LogP contribution in [0.4, 0.5) is 0 Å². The normalized spacial score (nSPS) is 21.3. The Balaban J connectivity index is 4.14. The quantitative estimate of drug-likeness (QED) is 0.487. The Kier molecular flexibility index (Phi) is 3.31. The molecule has 0 saturated heterocycles. The van der Waals surface area contributed by atoms with Gasteiger partial charge in [-0.2, -0.15) is 0 Å². The minimum Gasteiger partial charge on any atom is -0.442 e. The molecule has 0 aliphatic rings. The number of rotatable bonds is 2. The molecule has 0 heterocycles. The van der Waals surface area contributed by atoms with Gasteiger partial charge in [-0.25, -0.2) is 0 Å². The van der Waals surface area contributed by atoms with E-state index >= 15 is 0 Å². The molecule has 6 heteroatoms. The summed E-state index contributed by atoms with van der Waals surface area (Å²) >= 11 is 0. The van der Waals surface area contributed by atoms with Crippen molar-refractivity contribution >= 4 is 42.5 Å². The molecule has 56 valence electrons. The van der Waals surface area contributed by atoms with Crippen LogP contribution in [-0.4, -0.2) is 47.3 Å². The lowest BCUT2D eigenvalue weighted by Crippen LogP contribution is -2.64. The first-order valence-electron chi connectivity index (χ1n) is 3.42. The maximum atomic E-state index is 9.23. The summed E-state index contributed by atoms with van der Waals surface area (Å²) in [6.45, 7) is 7.34. The van der Waals surface area contributed by atoms with Crippen molar-refractivity contribution in [1.82, 2.24) is 0 Å². The summed E-state index contributed by atoms with van der Waals surface area (Å²) in [4.78, 5) is 9.23. The SMILES string of the molecule is C[Si](C)(C)[Si]([SiH3])([SiH3])[SiH2]O. The van der Waals surface area contributed by atoms with Gasteiger partial charge in [0.25, 0.3) is 0 Å². The highest BCUT2D eigenvalue weighted by Gasteiger charge is 2.35. The lowest BCUT2D eigenvalue weighted by atomic mass is 11.8. The average molecular weight is 211 g/mol. The zero-order valence-corrected chi connectivity index (χ0v) is 14.6. The monoisotopic (exact) mass is 210 g/mol. The predicted octanol–water partition coefficient (Wildman–Crippen LogP) is -2.85. The molecule has 0 unspecified atom stereocenters. The summed E-state index contributed by atoms with van der Waals surface area (Å²) in [7, 11) is 1.41. The smallest absolute Gasteiger partial charge is 0.137 e. The first-order valence-corrected chi connectivity index (χ1v) is 19.9. The molecule has 0 radical (unpaired) electrons. The second-order valence-corrected chi connectivity index (χ2v) is 63.5. The maximum absolute atomic E-state index is 9.23. The molecule has 0 aromatic carbocycles. The minimum absolute atomic E-state index is 0.538. The highest BCUT2D eigenvalue weighted by molar-refractivity contribution is 7.87. The van der Waals surface area contributed by atoms with Gasteiger partial charge in [-0.05, 0) is 19.5 Å². The number of hydrogen-bond acceptors (Lipinski definition) is 1. The lowest BCUT2D eigenvalue weighted by molar-refractivity contribution is 0.620. The van der Waals surface area contributed by atoms with Gasteiger partial charge in [-0.15, -0.1) is 0 Å². The largest absolute Gasteiger partial charge is 0.442 e. The molecule has 0 fully saturated rings. The average Bonchev–Trinajstić information content (AvgIpc) is 1.64. The van der Waals surface area contributed by atoms with Gasteiger partial charge in [0.2, 0.25) is 0 Å². The van der Waals surface area contributed by atoms with Crippen LogP contribution in [0.1, 0.15) is 0 Å². The van der Waals surface area contributed by atoms with Crippen molar-refractivity contribution in [3.05, 3.63) is 0 Å². The summed E-state index contributed by atoms with van der Waals surface area (Å²) in [5.74, 6) is 0. The van der Waals surface area contributed by atoms with Gasteiger partial charge in [0.15, 0.2) is 0 Å². The first kappa shape index (κ1) is 10.0. The molecule has 9 heavy (non-hydrogen) atoms. The predicted molar refractivity (Wildman–Crippen MR) is 59.7 cm³/mol. The molecular weight excluding hydrogens is 192 g/mol. The molecule has 0 atom stereocenters. The Morgan fingerprint density at radius 3 is 1.56 bits per heavy atom. The van der Waals surface area contributed by atoms with Crippen LogP contribution >= 0.6 is 0 Å². The van der Waals surface area contributed by atoms with Crippen LogP contribution in [0, 0.1) is 0 Å². The van der Waals surface area contributed by atoms with Crippen LogP contribution in [0.25, 0.3) is 0 Å². The van der Waals surface area contributed by atoms with E-state index in [2.05, 4.69) is 19.6 Å². The Labute approximate surface area is 67.2 Å². The van der Waals surface area contributed by atoms with Gasteiger partial charge in [0, 0.05) is 13.7 Å². The van der Waals surface area contributed by atoms with Gasteiger partial charge >= 0.3 is 0 Å². The summed E-state index contributed by atoms with van der Waals surface area (Å²) in [6.07, 6.45) is -0.768. The molecule has 0 aliphatic heterocycles. The van der Waals surface area contributed by atoms with Crippen molar-refractivity contribution in [2.24, 2.45) is 0 Å². The van der Waals surface area contributed by atoms with Crippen LogP contribution in [0.15, 0.2) is 0 Å². The molecule has 0 aromatic rings. The molecule has 0 amide bonds. The van der Waals surface area contributed by atoms with Crippen LogP contribution < -0.4 is 0 Å². The van der Waals surface area contributed by atoms with E-state index in [1.165, 1.54) is 19.5 Å². The van der Waals surface area contributed by atoms with Gasteiger partial charge < -0.3 is 4.80 Å². The second-order valence-electron chi connectivity index (χ2n) is 4.29. The van der Waals surface area contributed by atoms with Crippen molar-refractivity contribution < 1.29 is 4.80 Å². The van der Waals surface area contributed by atoms with Crippen LogP contribution in [0.2, 0.25) is 19.6 Å². The van der Waals surface area contributed by atoms with E-state index in [0.717, 1.165) is 0 Å². The third-order valence-electron chi connectivity index (χ3n) is 2.43. The Hall–Kier alpha value is 1.04. The maximum Gasteiger partial charge on any atom is 0.137 e. The van der Waals surface area contributed by atoms with Crippen molar-refractivity contribution in [3.63, 3.8) is 0 Å². The van der Waals surface area contributed by atoms with E-state index in [9.17, 15) is 4.80 Å². The number of hydrogen-bond donors (Lipinski definition) is 1. The molecule has 0 bridgehead atoms. The standard InChI is InChI=1S/C3H18OSi5/c1-8(2,3)9(5,6)7-4/h4H,7H2,1-3,5-6H3. The fourth-order valence-corrected chi connectivity index (χ4v) is 6.40. The Morgan fingerprint density at radius 2 is 1.56 bits per heavy atom. The molecule has 0 spiro atoms. The zero-order valence-electron chi connectivity index (χ0n) is 7.15. The fraction of sp³-hybridized carbons (Fsp3) is 1.00. The molecule has 0 rings (SSSR count). The molecule has 0 aromatic heterocycles. The van der Waals surface area contributed by atoms with Crippen molar-refractivity contribution in [3.8, 4) is 0 Å². The second kappa shape index (κ2) is 2.97. The molecule has 1 nitrogen and oxygen atoms in total. The van der Waals surface area contributed by atoms with Gasteiger partial charge in [-0.1, -0.05) is 19.6 Å². The highest BCUT2D eigenvalue weighted by atomic mass is 30.1.